The molecule has 2 aromatic rings. The van der Waals surface area contributed by atoms with Gasteiger partial charge < -0.3 is 10.4 Å². The molecule has 0 aliphatic carbocycles. The van der Waals surface area contributed by atoms with Crippen LogP contribution >= 0.6 is 0 Å². The van der Waals surface area contributed by atoms with Crippen molar-refractivity contribution in [2.75, 3.05) is 0 Å². The molecule has 2 N–H and O–H groups in total. The third-order valence-corrected chi connectivity index (χ3v) is 3.46. The molecular weight excluding hydrogens is 307 g/mol. The van der Waals surface area contributed by atoms with E-state index in [1.165, 1.54) is 0 Å². The van der Waals surface area contributed by atoms with Gasteiger partial charge in [-0.3, -0.25) is 4.79 Å². The second kappa shape index (κ2) is 6.83. The molecule has 0 spiro atoms. The number of alkyl halides is 3. The van der Waals surface area contributed by atoms with Crippen LogP contribution in [-0.2, 0) is 12.8 Å². The fraction of sp³-hybridized carbons (Fsp3) is 0.235. The predicted octanol–water partition coefficient (Wildman–Crippen LogP) is 3.69. The molecule has 122 valence electrons. The zero-order chi connectivity index (χ0) is 17.0. The lowest BCUT2D eigenvalue weighted by atomic mass is 10.0. The van der Waals surface area contributed by atoms with Gasteiger partial charge in [0.25, 0.3) is 5.91 Å². The number of aliphatic hydroxyl groups excluding tert-OH is 1. The largest absolute Gasteiger partial charge is 0.417 e. The molecule has 1 atom stereocenters. The molecule has 0 heterocycles. The summed E-state index contributed by atoms with van der Waals surface area (Å²) in [6, 6.07) is 11.5. The van der Waals surface area contributed by atoms with Crippen LogP contribution in [0.3, 0.4) is 0 Å². The third kappa shape index (κ3) is 4.10. The first kappa shape index (κ1) is 17.0. The first-order chi connectivity index (χ1) is 10.8. The normalized spacial score (nSPS) is 12.7. The van der Waals surface area contributed by atoms with Crippen LogP contribution in [-0.4, -0.2) is 11.0 Å². The number of benzene rings is 2. The molecule has 2 rings (SSSR count). The number of aliphatic hydroxyl groups is 1. The van der Waals surface area contributed by atoms with E-state index in [2.05, 4.69) is 5.32 Å². The van der Waals surface area contributed by atoms with Crippen molar-refractivity contribution in [1.29, 1.82) is 0 Å². The van der Waals surface area contributed by atoms with Crippen molar-refractivity contribution >= 4 is 5.91 Å². The number of carbonyl (C=O) groups excluding carboxylic acids is 1. The summed E-state index contributed by atoms with van der Waals surface area (Å²) in [5, 5.41) is 11.6. The minimum Gasteiger partial charge on any atom is -0.392 e. The van der Waals surface area contributed by atoms with Crippen LogP contribution in [0.1, 0.15) is 40.0 Å². The first-order valence-corrected chi connectivity index (χ1v) is 6.99. The summed E-state index contributed by atoms with van der Waals surface area (Å²) in [6.07, 6.45) is -4.64. The summed E-state index contributed by atoms with van der Waals surface area (Å²) < 4.78 is 39.2. The Balaban J connectivity index is 2.31. The van der Waals surface area contributed by atoms with E-state index in [1.807, 2.05) is 6.07 Å². The van der Waals surface area contributed by atoms with Crippen molar-refractivity contribution in [3.63, 3.8) is 0 Å². The average molecular weight is 323 g/mol. The Morgan fingerprint density at radius 2 is 1.83 bits per heavy atom. The third-order valence-electron chi connectivity index (χ3n) is 3.46. The highest BCUT2D eigenvalue weighted by Gasteiger charge is 2.35. The number of amides is 1. The van der Waals surface area contributed by atoms with Gasteiger partial charge in [0, 0.05) is 0 Å². The van der Waals surface area contributed by atoms with E-state index in [-0.39, 0.29) is 5.56 Å². The lowest BCUT2D eigenvalue weighted by molar-refractivity contribution is -0.138. The van der Waals surface area contributed by atoms with Crippen molar-refractivity contribution in [2.24, 2.45) is 0 Å². The highest BCUT2D eigenvalue weighted by Crippen LogP contribution is 2.32. The van der Waals surface area contributed by atoms with Gasteiger partial charge in [0.05, 0.1) is 23.8 Å². The Morgan fingerprint density at radius 3 is 2.39 bits per heavy atom. The molecule has 0 radical (unpaired) electrons. The number of hydrogen-bond acceptors (Lipinski definition) is 2. The van der Waals surface area contributed by atoms with Crippen molar-refractivity contribution in [1.82, 2.24) is 5.32 Å². The molecule has 0 fully saturated rings. The van der Waals surface area contributed by atoms with Crippen LogP contribution in [0.15, 0.2) is 48.5 Å². The number of carbonyl (C=O) groups is 1. The topological polar surface area (TPSA) is 49.3 Å². The molecular formula is C17H16F3NO2. The zero-order valence-electron chi connectivity index (χ0n) is 12.4. The molecule has 0 aliphatic heterocycles. The van der Waals surface area contributed by atoms with Gasteiger partial charge >= 0.3 is 6.18 Å². The van der Waals surface area contributed by atoms with E-state index in [1.54, 1.807) is 31.2 Å². The Labute approximate surface area is 131 Å². The Kier molecular flexibility index (Phi) is 5.05. The SMILES string of the molecule is CC(NC(=O)c1cc(CO)ccc1C(F)(F)F)c1ccccc1. The molecule has 3 nitrogen and oxygen atoms in total. The summed E-state index contributed by atoms with van der Waals surface area (Å²) in [5.74, 6) is -0.830. The molecule has 2 aromatic carbocycles. The molecule has 0 aliphatic rings. The van der Waals surface area contributed by atoms with Gasteiger partial charge in [-0.15, -0.1) is 0 Å². The Bertz CT molecular complexity index is 684. The van der Waals surface area contributed by atoms with Gasteiger partial charge in [0.15, 0.2) is 0 Å². The molecule has 6 heteroatoms. The zero-order valence-corrected chi connectivity index (χ0v) is 12.4. The molecule has 0 saturated heterocycles. The fourth-order valence-electron chi connectivity index (χ4n) is 2.22. The quantitative estimate of drug-likeness (QED) is 0.901. The van der Waals surface area contributed by atoms with Gasteiger partial charge in [-0.05, 0) is 30.2 Å². The van der Waals surface area contributed by atoms with Crippen LogP contribution in [0, 0.1) is 0 Å². The molecule has 1 unspecified atom stereocenters. The first-order valence-electron chi connectivity index (χ1n) is 6.99. The van der Waals surface area contributed by atoms with E-state index < -0.39 is 35.9 Å². The van der Waals surface area contributed by atoms with Gasteiger partial charge in [0.2, 0.25) is 0 Å². The molecule has 0 saturated carbocycles. The predicted molar refractivity (Wildman–Crippen MR) is 79.7 cm³/mol. The van der Waals surface area contributed by atoms with E-state index in [0.717, 1.165) is 23.8 Å². The minimum absolute atomic E-state index is 0.246. The van der Waals surface area contributed by atoms with Gasteiger partial charge in [0.1, 0.15) is 0 Å². The fourth-order valence-corrected chi connectivity index (χ4v) is 2.22. The van der Waals surface area contributed by atoms with E-state index >= 15 is 0 Å². The number of rotatable bonds is 4. The lowest BCUT2D eigenvalue weighted by Crippen LogP contribution is -2.29. The minimum atomic E-state index is -4.64. The standard InChI is InChI=1S/C17H16F3NO2/c1-11(13-5-3-2-4-6-13)21-16(23)14-9-12(10-22)7-8-15(14)17(18,19)20/h2-9,11,22H,10H2,1H3,(H,21,23). The highest BCUT2D eigenvalue weighted by molar-refractivity contribution is 5.96. The van der Waals surface area contributed by atoms with Gasteiger partial charge in [-0.1, -0.05) is 36.4 Å². The second-order valence-corrected chi connectivity index (χ2v) is 5.14. The Morgan fingerprint density at radius 1 is 1.17 bits per heavy atom. The summed E-state index contributed by atoms with van der Waals surface area (Å²) in [4.78, 5) is 12.3. The number of nitrogens with one attached hydrogen (secondary N) is 1. The highest BCUT2D eigenvalue weighted by atomic mass is 19.4. The van der Waals surface area contributed by atoms with Crippen molar-refractivity contribution in [3.05, 3.63) is 70.8 Å². The monoisotopic (exact) mass is 323 g/mol. The molecule has 0 aromatic heterocycles. The van der Waals surface area contributed by atoms with E-state index in [9.17, 15) is 18.0 Å². The van der Waals surface area contributed by atoms with Crippen molar-refractivity contribution in [2.45, 2.75) is 25.7 Å². The van der Waals surface area contributed by atoms with Crippen LogP contribution in [0.25, 0.3) is 0 Å². The van der Waals surface area contributed by atoms with Crippen LogP contribution in [0.5, 0.6) is 0 Å². The van der Waals surface area contributed by atoms with Crippen LogP contribution in [0.4, 0.5) is 13.2 Å². The van der Waals surface area contributed by atoms with Gasteiger partial charge in [-0.25, -0.2) is 0 Å². The van der Waals surface area contributed by atoms with Crippen LogP contribution < -0.4 is 5.32 Å². The second-order valence-electron chi connectivity index (χ2n) is 5.14. The van der Waals surface area contributed by atoms with E-state index in [4.69, 9.17) is 5.11 Å². The smallest absolute Gasteiger partial charge is 0.392 e. The number of hydrogen-bond donors (Lipinski definition) is 2. The van der Waals surface area contributed by atoms with Gasteiger partial charge in [-0.2, -0.15) is 13.2 Å². The summed E-state index contributed by atoms with van der Waals surface area (Å²) in [5.41, 5.74) is -0.484. The van der Waals surface area contributed by atoms with Crippen LogP contribution in [0.2, 0.25) is 0 Å². The van der Waals surface area contributed by atoms with E-state index in [0.29, 0.717) is 0 Å². The Hall–Kier alpha value is -2.34. The maximum atomic E-state index is 13.1. The molecule has 0 bridgehead atoms. The summed E-state index contributed by atoms with van der Waals surface area (Å²) in [7, 11) is 0. The van der Waals surface area contributed by atoms with Crippen molar-refractivity contribution < 1.29 is 23.1 Å². The molecule has 1 amide bonds. The number of halogens is 3. The molecule has 23 heavy (non-hydrogen) atoms. The average Bonchev–Trinajstić information content (AvgIpc) is 2.54. The lowest BCUT2D eigenvalue weighted by Gasteiger charge is -2.17. The summed E-state index contributed by atoms with van der Waals surface area (Å²) in [6.45, 7) is 1.25. The maximum absolute atomic E-state index is 13.1. The summed E-state index contributed by atoms with van der Waals surface area (Å²) >= 11 is 0. The maximum Gasteiger partial charge on any atom is 0.417 e. The van der Waals surface area contributed by atoms with Crippen molar-refractivity contribution in [3.8, 4) is 0 Å².